The number of hydrogen-bond donors (Lipinski definition) is 1. The van der Waals surface area contributed by atoms with Crippen molar-refractivity contribution in [3.8, 4) is 0 Å². The second kappa shape index (κ2) is 5.45. The first-order chi connectivity index (χ1) is 4.84. The van der Waals surface area contributed by atoms with Gasteiger partial charge in [0, 0.05) is 6.54 Å². The SMILES string of the molecule is CC.CN1CC=CC1CO. The van der Waals surface area contributed by atoms with Crippen molar-refractivity contribution in [2.24, 2.45) is 0 Å². The number of hydrogen-bond acceptors (Lipinski definition) is 2. The van der Waals surface area contributed by atoms with Gasteiger partial charge in [-0.25, -0.2) is 0 Å². The Labute approximate surface area is 63.2 Å². The van der Waals surface area contributed by atoms with E-state index in [1.54, 1.807) is 0 Å². The van der Waals surface area contributed by atoms with Gasteiger partial charge in [0.25, 0.3) is 0 Å². The standard InChI is InChI=1S/C6H11NO.C2H6/c1-7-4-2-3-6(7)5-8;1-2/h2-3,6,8H,4-5H2,1H3;1-2H3. The molecule has 0 fully saturated rings. The Morgan fingerprint density at radius 3 is 2.40 bits per heavy atom. The Hall–Kier alpha value is -0.340. The number of rotatable bonds is 1. The van der Waals surface area contributed by atoms with E-state index in [9.17, 15) is 0 Å². The lowest BCUT2D eigenvalue weighted by Crippen LogP contribution is -2.28. The van der Waals surface area contributed by atoms with E-state index in [1.807, 2.05) is 27.0 Å². The predicted octanol–water partition coefficient (Wildman–Crippen LogP) is 0.875. The van der Waals surface area contributed by atoms with E-state index in [-0.39, 0.29) is 12.6 Å². The second-order valence-electron chi connectivity index (χ2n) is 2.12. The van der Waals surface area contributed by atoms with E-state index in [0.717, 1.165) is 6.54 Å². The molecule has 10 heavy (non-hydrogen) atoms. The first-order valence-electron chi connectivity index (χ1n) is 3.82. The molecule has 0 bridgehead atoms. The molecular formula is C8H17NO. The monoisotopic (exact) mass is 143 g/mol. The van der Waals surface area contributed by atoms with Crippen molar-refractivity contribution < 1.29 is 5.11 Å². The summed E-state index contributed by atoms with van der Waals surface area (Å²) in [5.74, 6) is 0. The lowest BCUT2D eigenvalue weighted by atomic mass is 10.3. The Morgan fingerprint density at radius 2 is 2.20 bits per heavy atom. The summed E-state index contributed by atoms with van der Waals surface area (Å²) in [6.07, 6.45) is 4.10. The van der Waals surface area contributed by atoms with E-state index in [2.05, 4.69) is 11.0 Å². The third kappa shape index (κ3) is 2.50. The van der Waals surface area contributed by atoms with Crippen molar-refractivity contribution in [1.82, 2.24) is 4.90 Å². The minimum Gasteiger partial charge on any atom is -0.394 e. The van der Waals surface area contributed by atoms with Gasteiger partial charge in [0.2, 0.25) is 0 Å². The zero-order valence-electron chi connectivity index (χ0n) is 7.04. The maximum atomic E-state index is 8.64. The molecule has 60 valence electrons. The summed E-state index contributed by atoms with van der Waals surface area (Å²) < 4.78 is 0. The topological polar surface area (TPSA) is 23.5 Å². The molecule has 0 aromatic rings. The van der Waals surface area contributed by atoms with Crippen LogP contribution in [-0.4, -0.2) is 36.2 Å². The summed E-state index contributed by atoms with van der Waals surface area (Å²) in [5, 5.41) is 8.64. The molecule has 1 N–H and O–H groups in total. The molecule has 1 atom stereocenters. The number of aliphatic hydroxyl groups is 1. The van der Waals surface area contributed by atoms with Crippen LogP contribution < -0.4 is 0 Å². The van der Waals surface area contributed by atoms with Crippen LogP contribution in [0.25, 0.3) is 0 Å². The van der Waals surface area contributed by atoms with Crippen molar-refractivity contribution in [2.45, 2.75) is 19.9 Å². The highest BCUT2D eigenvalue weighted by atomic mass is 16.3. The van der Waals surface area contributed by atoms with Crippen LogP contribution in [0.3, 0.4) is 0 Å². The van der Waals surface area contributed by atoms with Crippen molar-refractivity contribution in [3.63, 3.8) is 0 Å². The second-order valence-corrected chi connectivity index (χ2v) is 2.12. The Bertz CT molecular complexity index is 101. The summed E-state index contributed by atoms with van der Waals surface area (Å²) in [5.41, 5.74) is 0. The fourth-order valence-corrected chi connectivity index (χ4v) is 0.867. The molecule has 1 heterocycles. The quantitative estimate of drug-likeness (QED) is 0.551. The maximum absolute atomic E-state index is 8.64. The van der Waals surface area contributed by atoms with E-state index < -0.39 is 0 Å². The van der Waals surface area contributed by atoms with Gasteiger partial charge in [-0.15, -0.1) is 0 Å². The first kappa shape index (κ1) is 9.66. The van der Waals surface area contributed by atoms with Gasteiger partial charge in [0.1, 0.15) is 0 Å². The summed E-state index contributed by atoms with van der Waals surface area (Å²) in [4.78, 5) is 2.10. The maximum Gasteiger partial charge on any atom is 0.0622 e. The minimum absolute atomic E-state index is 0.243. The van der Waals surface area contributed by atoms with Gasteiger partial charge in [-0.2, -0.15) is 0 Å². The van der Waals surface area contributed by atoms with Gasteiger partial charge in [0.15, 0.2) is 0 Å². The van der Waals surface area contributed by atoms with E-state index in [1.165, 1.54) is 0 Å². The number of nitrogens with zero attached hydrogens (tertiary/aromatic N) is 1. The van der Waals surface area contributed by atoms with Crippen LogP contribution in [0.5, 0.6) is 0 Å². The Kier molecular flexibility index (Phi) is 5.26. The van der Waals surface area contributed by atoms with Crippen LogP contribution >= 0.6 is 0 Å². The minimum atomic E-state index is 0.243. The summed E-state index contributed by atoms with van der Waals surface area (Å²) in [6, 6.07) is 0.273. The first-order valence-corrected chi connectivity index (χ1v) is 3.82. The van der Waals surface area contributed by atoms with Gasteiger partial charge in [0.05, 0.1) is 12.6 Å². The average Bonchev–Trinajstić information content (AvgIpc) is 2.39. The highest BCUT2D eigenvalue weighted by Crippen LogP contribution is 2.03. The smallest absolute Gasteiger partial charge is 0.0622 e. The molecule has 2 nitrogen and oxygen atoms in total. The van der Waals surface area contributed by atoms with Crippen LogP contribution in [0.1, 0.15) is 13.8 Å². The fourth-order valence-electron chi connectivity index (χ4n) is 0.867. The van der Waals surface area contributed by atoms with Crippen molar-refractivity contribution in [3.05, 3.63) is 12.2 Å². The molecule has 0 saturated carbocycles. The van der Waals surface area contributed by atoms with Crippen LogP contribution in [0.4, 0.5) is 0 Å². The summed E-state index contributed by atoms with van der Waals surface area (Å²) in [6.45, 7) is 5.22. The summed E-state index contributed by atoms with van der Waals surface area (Å²) >= 11 is 0. The van der Waals surface area contributed by atoms with Crippen molar-refractivity contribution >= 4 is 0 Å². The Balaban J connectivity index is 0.000000371. The predicted molar refractivity (Wildman–Crippen MR) is 44.0 cm³/mol. The van der Waals surface area contributed by atoms with Crippen LogP contribution in [-0.2, 0) is 0 Å². The molecule has 0 aromatic heterocycles. The number of aliphatic hydroxyl groups excluding tert-OH is 1. The molecule has 0 radical (unpaired) electrons. The van der Waals surface area contributed by atoms with Crippen molar-refractivity contribution in [1.29, 1.82) is 0 Å². The molecular weight excluding hydrogens is 126 g/mol. The molecule has 0 saturated heterocycles. The molecule has 1 aliphatic rings. The van der Waals surface area contributed by atoms with Crippen molar-refractivity contribution in [2.75, 3.05) is 20.2 Å². The zero-order valence-corrected chi connectivity index (χ0v) is 7.04. The van der Waals surface area contributed by atoms with E-state index >= 15 is 0 Å². The molecule has 0 aliphatic carbocycles. The van der Waals surface area contributed by atoms with E-state index in [4.69, 9.17) is 5.11 Å². The Morgan fingerprint density at radius 1 is 1.60 bits per heavy atom. The third-order valence-electron chi connectivity index (χ3n) is 1.50. The van der Waals surface area contributed by atoms with Gasteiger partial charge < -0.3 is 5.11 Å². The molecule has 0 amide bonds. The third-order valence-corrected chi connectivity index (χ3v) is 1.50. The summed E-state index contributed by atoms with van der Waals surface area (Å²) in [7, 11) is 2.00. The average molecular weight is 143 g/mol. The normalized spacial score (nSPS) is 24.2. The van der Waals surface area contributed by atoms with Crippen LogP contribution in [0, 0.1) is 0 Å². The molecule has 0 spiro atoms. The lowest BCUT2D eigenvalue weighted by molar-refractivity contribution is 0.199. The molecule has 1 rings (SSSR count). The molecule has 1 unspecified atom stereocenters. The number of likely N-dealkylation sites (N-methyl/N-ethyl adjacent to an activating group) is 1. The largest absolute Gasteiger partial charge is 0.394 e. The zero-order chi connectivity index (χ0) is 7.98. The van der Waals surface area contributed by atoms with Crippen LogP contribution in [0.15, 0.2) is 12.2 Å². The molecule has 2 heteroatoms. The van der Waals surface area contributed by atoms with Crippen LogP contribution in [0.2, 0.25) is 0 Å². The van der Waals surface area contributed by atoms with Gasteiger partial charge in [-0.05, 0) is 7.05 Å². The van der Waals surface area contributed by atoms with E-state index in [0.29, 0.717) is 0 Å². The lowest BCUT2D eigenvalue weighted by Gasteiger charge is -2.15. The highest BCUT2D eigenvalue weighted by molar-refractivity contribution is 5.02. The molecule has 0 aromatic carbocycles. The van der Waals surface area contributed by atoms with Gasteiger partial charge in [-0.3, -0.25) is 4.90 Å². The van der Waals surface area contributed by atoms with Gasteiger partial charge >= 0.3 is 0 Å². The fraction of sp³-hybridized carbons (Fsp3) is 0.750. The highest BCUT2D eigenvalue weighted by Gasteiger charge is 2.12. The molecule has 1 aliphatic heterocycles. The van der Waals surface area contributed by atoms with Gasteiger partial charge in [-0.1, -0.05) is 26.0 Å².